The van der Waals surface area contributed by atoms with Gasteiger partial charge in [-0.3, -0.25) is 0 Å². The molecule has 39 heavy (non-hydrogen) atoms. The minimum atomic E-state index is -1.46. The van der Waals surface area contributed by atoms with Gasteiger partial charge in [0.2, 0.25) is 6.29 Å². The summed E-state index contributed by atoms with van der Waals surface area (Å²) in [5, 5.41) is 39.6. The van der Waals surface area contributed by atoms with Gasteiger partial charge in [0.05, 0.1) is 6.61 Å². The average molecular weight is 551 g/mol. The Morgan fingerprint density at radius 3 is 2.18 bits per heavy atom. The SMILES string of the molecule is CC(C)CCC[C@@H](C)CCC[C@@H](C)CCCC1(C)CCc2cc(O[C@@H]3O[C@H](CO)[C@H](O)[C@H](O)[C@H]3O)ccc2O1. The van der Waals surface area contributed by atoms with E-state index in [9.17, 15) is 20.4 Å². The summed E-state index contributed by atoms with van der Waals surface area (Å²) < 4.78 is 17.7. The minimum absolute atomic E-state index is 0.183. The highest BCUT2D eigenvalue weighted by molar-refractivity contribution is 5.42. The zero-order chi connectivity index (χ0) is 28.6. The van der Waals surface area contributed by atoms with Crippen LogP contribution in [0.5, 0.6) is 11.5 Å². The van der Waals surface area contributed by atoms with Crippen molar-refractivity contribution in [1.29, 1.82) is 0 Å². The van der Waals surface area contributed by atoms with Gasteiger partial charge in [-0.1, -0.05) is 72.6 Å². The number of aliphatic hydroxyl groups excluding tert-OH is 4. The van der Waals surface area contributed by atoms with Gasteiger partial charge in [-0.15, -0.1) is 0 Å². The largest absolute Gasteiger partial charge is 0.487 e. The Labute approximate surface area is 235 Å². The predicted molar refractivity (Wildman–Crippen MR) is 153 cm³/mol. The summed E-state index contributed by atoms with van der Waals surface area (Å²) in [7, 11) is 0. The fourth-order valence-corrected chi connectivity index (χ4v) is 5.92. The smallest absolute Gasteiger partial charge is 0.229 e. The summed E-state index contributed by atoms with van der Waals surface area (Å²) in [6.07, 6.45) is 6.80. The number of aryl methyl sites for hydroxylation is 1. The minimum Gasteiger partial charge on any atom is -0.487 e. The van der Waals surface area contributed by atoms with Crippen LogP contribution in [0.2, 0.25) is 0 Å². The number of fused-ring (bicyclic) bond motifs is 1. The van der Waals surface area contributed by atoms with Crippen molar-refractivity contribution in [1.82, 2.24) is 0 Å². The fraction of sp³-hybridized carbons (Fsp3) is 0.812. The maximum atomic E-state index is 10.3. The van der Waals surface area contributed by atoms with E-state index >= 15 is 0 Å². The van der Waals surface area contributed by atoms with Crippen molar-refractivity contribution in [2.45, 2.75) is 142 Å². The van der Waals surface area contributed by atoms with Crippen LogP contribution in [-0.2, 0) is 11.2 Å². The Balaban J connectivity index is 1.41. The van der Waals surface area contributed by atoms with Gasteiger partial charge in [-0.25, -0.2) is 0 Å². The van der Waals surface area contributed by atoms with E-state index in [0.717, 1.165) is 54.7 Å². The summed E-state index contributed by atoms with van der Waals surface area (Å²) in [5.74, 6) is 3.73. The van der Waals surface area contributed by atoms with E-state index in [1.54, 1.807) is 6.07 Å². The molecule has 2 aliphatic rings. The molecule has 1 fully saturated rings. The van der Waals surface area contributed by atoms with Crippen LogP contribution in [0.3, 0.4) is 0 Å². The highest BCUT2D eigenvalue weighted by Crippen LogP contribution is 2.38. The van der Waals surface area contributed by atoms with Crippen LogP contribution in [0.15, 0.2) is 18.2 Å². The molecule has 224 valence electrons. The quantitative estimate of drug-likeness (QED) is 0.232. The van der Waals surface area contributed by atoms with Crippen molar-refractivity contribution >= 4 is 0 Å². The van der Waals surface area contributed by atoms with E-state index in [0.29, 0.717) is 5.75 Å². The maximum absolute atomic E-state index is 10.3. The molecule has 0 saturated carbocycles. The number of hydrogen-bond acceptors (Lipinski definition) is 7. The fourth-order valence-electron chi connectivity index (χ4n) is 5.92. The van der Waals surface area contributed by atoms with Crippen molar-refractivity contribution in [2.75, 3.05) is 6.61 Å². The highest BCUT2D eigenvalue weighted by Gasteiger charge is 2.44. The summed E-state index contributed by atoms with van der Waals surface area (Å²) in [6, 6.07) is 5.53. The van der Waals surface area contributed by atoms with Gasteiger partial charge in [0.25, 0.3) is 0 Å². The van der Waals surface area contributed by atoms with Gasteiger partial charge in [0.15, 0.2) is 0 Å². The summed E-state index contributed by atoms with van der Waals surface area (Å²) >= 11 is 0. The Hall–Kier alpha value is -1.38. The van der Waals surface area contributed by atoms with Crippen molar-refractivity contribution in [3.05, 3.63) is 23.8 Å². The van der Waals surface area contributed by atoms with Crippen LogP contribution in [0.1, 0.15) is 104 Å². The van der Waals surface area contributed by atoms with Crippen molar-refractivity contribution in [3.8, 4) is 11.5 Å². The third-order valence-electron chi connectivity index (χ3n) is 8.69. The molecule has 0 spiro atoms. The molecular weight excluding hydrogens is 496 g/mol. The van der Waals surface area contributed by atoms with Gasteiger partial charge < -0.3 is 34.6 Å². The lowest BCUT2D eigenvalue weighted by molar-refractivity contribution is -0.277. The lowest BCUT2D eigenvalue weighted by Crippen LogP contribution is -2.60. The van der Waals surface area contributed by atoms with E-state index < -0.39 is 37.3 Å². The van der Waals surface area contributed by atoms with Gasteiger partial charge in [0.1, 0.15) is 41.5 Å². The third-order valence-corrected chi connectivity index (χ3v) is 8.69. The van der Waals surface area contributed by atoms with E-state index in [2.05, 4.69) is 34.6 Å². The first-order valence-electron chi connectivity index (χ1n) is 15.3. The molecule has 1 saturated heterocycles. The Kier molecular flexibility index (Phi) is 12.4. The second kappa shape index (κ2) is 15.0. The van der Waals surface area contributed by atoms with Crippen molar-refractivity contribution < 1.29 is 34.6 Å². The standard InChI is InChI=1S/C32H54O7/c1-21(2)9-6-10-22(3)11-7-12-23(4)13-8-17-32(5)18-16-24-19-25(14-15-26(24)39-32)37-31-30(36)29(35)28(34)27(20-33)38-31/h14-15,19,21-23,27-31,33-36H,6-13,16-18,20H2,1-5H3/t22-,23-,27-,28+,29+,30-,31-,32?/m1/s1. The lowest BCUT2D eigenvalue weighted by Gasteiger charge is -2.40. The van der Waals surface area contributed by atoms with Crippen LogP contribution < -0.4 is 9.47 Å². The normalized spacial score (nSPS) is 30.5. The molecule has 1 aromatic carbocycles. The number of aliphatic hydroxyl groups is 4. The van der Waals surface area contributed by atoms with Crippen molar-refractivity contribution in [3.63, 3.8) is 0 Å². The number of hydrogen-bond donors (Lipinski definition) is 4. The lowest BCUT2D eigenvalue weighted by atomic mass is 9.86. The number of rotatable bonds is 15. The van der Waals surface area contributed by atoms with Gasteiger partial charge in [-0.2, -0.15) is 0 Å². The van der Waals surface area contributed by atoms with E-state index in [4.69, 9.17) is 14.2 Å². The summed E-state index contributed by atoms with van der Waals surface area (Å²) in [5.41, 5.74) is 0.850. The monoisotopic (exact) mass is 550 g/mol. The molecule has 1 aromatic rings. The van der Waals surface area contributed by atoms with Crippen molar-refractivity contribution in [2.24, 2.45) is 17.8 Å². The first kappa shape index (κ1) is 32.1. The molecule has 2 heterocycles. The molecule has 0 amide bonds. The van der Waals surface area contributed by atoms with Crippen LogP contribution in [-0.4, -0.2) is 63.3 Å². The third kappa shape index (κ3) is 9.60. The van der Waals surface area contributed by atoms with Gasteiger partial charge >= 0.3 is 0 Å². The Morgan fingerprint density at radius 2 is 1.54 bits per heavy atom. The molecule has 0 aliphatic carbocycles. The second-order valence-corrected chi connectivity index (χ2v) is 13.0. The molecule has 2 aliphatic heterocycles. The average Bonchev–Trinajstić information content (AvgIpc) is 2.89. The van der Waals surface area contributed by atoms with E-state index in [1.165, 1.54) is 44.9 Å². The van der Waals surface area contributed by atoms with E-state index in [-0.39, 0.29) is 5.60 Å². The molecule has 0 radical (unpaired) electrons. The molecule has 0 bridgehead atoms. The molecule has 1 unspecified atom stereocenters. The molecule has 4 N–H and O–H groups in total. The molecule has 0 aromatic heterocycles. The summed E-state index contributed by atoms with van der Waals surface area (Å²) in [6.45, 7) is 11.1. The Bertz CT molecular complexity index is 859. The van der Waals surface area contributed by atoms with Crippen LogP contribution in [0, 0.1) is 17.8 Å². The van der Waals surface area contributed by atoms with E-state index in [1.807, 2.05) is 12.1 Å². The summed E-state index contributed by atoms with van der Waals surface area (Å²) in [4.78, 5) is 0. The molecule has 8 atom stereocenters. The van der Waals surface area contributed by atoms with Gasteiger partial charge in [0, 0.05) is 0 Å². The number of ether oxygens (including phenoxy) is 3. The maximum Gasteiger partial charge on any atom is 0.229 e. The molecular formula is C32H54O7. The van der Waals surface area contributed by atoms with Crippen LogP contribution in [0.25, 0.3) is 0 Å². The highest BCUT2D eigenvalue weighted by atomic mass is 16.7. The zero-order valence-corrected chi connectivity index (χ0v) is 24.8. The zero-order valence-electron chi connectivity index (χ0n) is 24.8. The molecule has 3 rings (SSSR count). The predicted octanol–water partition coefficient (Wildman–Crippen LogP) is 5.39. The number of benzene rings is 1. The van der Waals surface area contributed by atoms with Crippen LogP contribution >= 0.6 is 0 Å². The van der Waals surface area contributed by atoms with Gasteiger partial charge in [-0.05, 0) is 74.1 Å². The topological polar surface area (TPSA) is 109 Å². The molecule has 7 nitrogen and oxygen atoms in total. The second-order valence-electron chi connectivity index (χ2n) is 13.0. The first-order valence-corrected chi connectivity index (χ1v) is 15.3. The molecule has 7 heteroatoms. The van der Waals surface area contributed by atoms with Crippen LogP contribution in [0.4, 0.5) is 0 Å². The Morgan fingerprint density at radius 1 is 0.897 bits per heavy atom. The first-order chi connectivity index (χ1) is 18.5.